The van der Waals surface area contributed by atoms with Crippen LogP contribution in [0.2, 0.25) is 0 Å². The second-order valence-corrected chi connectivity index (χ2v) is 8.20. The number of aromatic nitrogens is 1. The average molecular weight is 284 g/mol. The number of rotatable bonds is 1. The van der Waals surface area contributed by atoms with Gasteiger partial charge in [0.05, 0.1) is 16.7 Å². The summed E-state index contributed by atoms with van der Waals surface area (Å²) in [5.74, 6) is 2.39. The Morgan fingerprint density at radius 2 is 2.06 bits per heavy atom. The van der Waals surface area contributed by atoms with E-state index in [1.54, 1.807) is 11.3 Å². The molecular formula is C13H20N2OS2. The van der Waals surface area contributed by atoms with Gasteiger partial charge in [-0.15, -0.1) is 0 Å². The van der Waals surface area contributed by atoms with Gasteiger partial charge in [0.15, 0.2) is 5.13 Å². The zero-order chi connectivity index (χ0) is 12.8. The molecule has 1 aromatic rings. The molecule has 1 saturated heterocycles. The van der Waals surface area contributed by atoms with Crippen molar-refractivity contribution in [3.63, 3.8) is 0 Å². The fourth-order valence-electron chi connectivity index (χ4n) is 2.77. The lowest BCUT2D eigenvalue weighted by molar-refractivity contribution is 0.102. The zero-order valence-corrected chi connectivity index (χ0v) is 12.6. The van der Waals surface area contributed by atoms with Gasteiger partial charge >= 0.3 is 0 Å². The first-order valence-electron chi connectivity index (χ1n) is 6.55. The van der Waals surface area contributed by atoms with Crippen LogP contribution in [0.5, 0.6) is 0 Å². The average Bonchev–Trinajstić information content (AvgIpc) is 2.72. The molecule has 0 spiro atoms. The smallest absolute Gasteiger partial charge is 0.185 e. The van der Waals surface area contributed by atoms with Gasteiger partial charge in [-0.1, -0.05) is 25.2 Å². The Hall–Kier alpha value is -0.260. The van der Waals surface area contributed by atoms with Gasteiger partial charge in [0, 0.05) is 24.6 Å². The highest BCUT2D eigenvalue weighted by atomic mass is 32.2. The summed E-state index contributed by atoms with van der Waals surface area (Å²) in [5, 5.41) is 11.4. The summed E-state index contributed by atoms with van der Waals surface area (Å²) in [4.78, 5) is 8.28. The van der Waals surface area contributed by atoms with E-state index in [2.05, 4.69) is 18.7 Å². The van der Waals surface area contributed by atoms with Crippen LogP contribution in [0, 0.1) is 5.41 Å². The standard InChI is InChI=1S/C13H20N2OS2/c1-13(2)7-9-11(10(16)8-13)18-12(14-9)15-3-5-17-6-4-15/h10,16H,3-8H2,1-2H3. The van der Waals surface area contributed by atoms with Crippen molar-refractivity contribution in [2.45, 2.75) is 32.8 Å². The van der Waals surface area contributed by atoms with Crippen molar-refractivity contribution in [2.24, 2.45) is 5.41 Å². The quantitative estimate of drug-likeness (QED) is 0.860. The summed E-state index contributed by atoms with van der Waals surface area (Å²) >= 11 is 3.72. The molecular weight excluding hydrogens is 264 g/mol. The Bertz CT molecular complexity index is 438. The maximum atomic E-state index is 10.3. The summed E-state index contributed by atoms with van der Waals surface area (Å²) in [6, 6.07) is 0. The molecule has 5 heteroatoms. The molecule has 1 aliphatic carbocycles. The van der Waals surface area contributed by atoms with Crippen LogP contribution in [0.3, 0.4) is 0 Å². The molecule has 1 atom stereocenters. The molecule has 1 N–H and O–H groups in total. The van der Waals surface area contributed by atoms with Gasteiger partial charge in [-0.25, -0.2) is 4.98 Å². The molecule has 0 saturated carbocycles. The van der Waals surface area contributed by atoms with Crippen LogP contribution >= 0.6 is 23.1 Å². The second-order valence-electron chi connectivity index (χ2n) is 5.97. The van der Waals surface area contributed by atoms with Gasteiger partial charge in [0.1, 0.15) is 0 Å². The van der Waals surface area contributed by atoms with E-state index in [-0.39, 0.29) is 11.5 Å². The Morgan fingerprint density at radius 1 is 1.33 bits per heavy atom. The van der Waals surface area contributed by atoms with Gasteiger partial charge in [-0.3, -0.25) is 0 Å². The van der Waals surface area contributed by atoms with Crippen LogP contribution in [-0.4, -0.2) is 34.7 Å². The molecule has 100 valence electrons. The van der Waals surface area contributed by atoms with Crippen LogP contribution in [0.25, 0.3) is 0 Å². The lowest BCUT2D eigenvalue weighted by Crippen LogP contribution is -2.32. The second kappa shape index (κ2) is 4.69. The van der Waals surface area contributed by atoms with E-state index < -0.39 is 0 Å². The van der Waals surface area contributed by atoms with Crippen molar-refractivity contribution in [2.75, 3.05) is 29.5 Å². The molecule has 3 rings (SSSR count). The van der Waals surface area contributed by atoms with E-state index in [0.717, 1.165) is 41.6 Å². The third-order valence-electron chi connectivity index (χ3n) is 3.69. The number of fused-ring (bicyclic) bond motifs is 1. The van der Waals surface area contributed by atoms with Crippen molar-refractivity contribution in [1.82, 2.24) is 4.98 Å². The lowest BCUT2D eigenvalue weighted by atomic mass is 9.77. The maximum Gasteiger partial charge on any atom is 0.185 e. The molecule has 1 fully saturated rings. The van der Waals surface area contributed by atoms with Crippen LogP contribution in [0.1, 0.15) is 36.9 Å². The highest BCUT2D eigenvalue weighted by Crippen LogP contribution is 2.44. The summed E-state index contributed by atoms with van der Waals surface area (Å²) in [6.45, 7) is 6.62. The highest BCUT2D eigenvalue weighted by Gasteiger charge is 2.34. The SMILES string of the molecule is CC1(C)Cc2nc(N3CCSCC3)sc2C(O)C1. The van der Waals surface area contributed by atoms with Crippen molar-refractivity contribution in [3.05, 3.63) is 10.6 Å². The van der Waals surface area contributed by atoms with E-state index in [4.69, 9.17) is 4.98 Å². The summed E-state index contributed by atoms with van der Waals surface area (Å²) in [7, 11) is 0. The van der Waals surface area contributed by atoms with Crippen LogP contribution < -0.4 is 4.90 Å². The van der Waals surface area contributed by atoms with Crippen LogP contribution in [-0.2, 0) is 6.42 Å². The number of hydrogen-bond donors (Lipinski definition) is 1. The largest absolute Gasteiger partial charge is 0.387 e. The monoisotopic (exact) mass is 284 g/mol. The first-order chi connectivity index (χ1) is 8.55. The van der Waals surface area contributed by atoms with E-state index in [0.29, 0.717) is 0 Å². The lowest BCUT2D eigenvalue weighted by Gasteiger charge is -2.31. The fourth-order valence-corrected chi connectivity index (χ4v) is 4.79. The number of aliphatic hydroxyl groups is 1. The van der Waals surface area contributed by atoms with E-state index in [9.17, 15) is 5.11 Å². The third-order valence-corrected chi connectivity index (χ3v) is 5.89. The van der Waals surface area contributed by atoms with Gasteiger partial charge in [-0.2, -0.15) is 11.8 Å². The van der Waals surface area contributed by atoms with Crippen molar-refractivity contribution in [1.29, 1.82) is 0 Å². The predicted octanol–water partition coefficient (Wildman–Crippen LogP) is 2.70. The first kappa shape index (κ1) is 12.8. The molecule has 3 nitrogen and oxygen atoms in total. The topological polar surface area (TPSA) is 36.4 Å². The van der Waals surface area contributed by atoms with Crippen LogP contribution in [0.4, 0.5) is 5.13 Å². The Kier molecular flexibility index (Phi) is 3.32. The number of hydrogen-bond acceptors (Lipinski definition) is 5. The molecule has 2 aliphatic rings. The van der Waals surface area contributed by atoms with Gasteiger partial charge in [0.25, 0.3) is 0 Å². The van der Waals surface area contributed by atoms with E-state index in [1.807, 2.05) is 11.8 Å². The van der Waals surface area contributed by atoms with Gasteiger partial charge in [-0.05, 0) is 18.3 Å². The Morgan fingerprint density at radius 3 is 2.78 bits per heavy atom. The predicted molar refractivity (Wildman–Crippen MR) is 78.7 cm³/mol. The number of thioether (sulfide) groups is 1. The van der Waals surface area contributed by atoms with Gasteiger partial charge in [0.2, 0.25) is 0 Å². The molecule has 2 heterocycles. The third kappa shape index (κ3) is 2.40. The van der Waals surface area contributed by atoms with E-state index >= 15 is 0 Å². The Balaban J connectivity index is 1.87. The summed E-state index contributed by atoms with van der Waals surface area (Å²) < 4.78 is 0. The summed E-state index contributed by atoms with van der Waals surface area (Å²) in [5.41, 5.74) is 1.31. The molecule has 0 amide bonds. The highest BCUT2D eigenvalue weighted by molar-refractivity contribution is 7.99. The molecule has 1 unspecified atom stereocenters. The normalized spacial score (nSPS) is 27.1. The summed E-state index contributed by atoms with van der Waals surface area (Å²) in [6.07, 6.45) is 1.55. The van der Waals surface area contributed by atoms with E-state index in [1.165, 1.54) is 11.5 Å². The minimum Gasteiger partial charge on any atom is -0.387 e. The Labute approximate surface area is 117 Å². The fraction of sp³-hybridized carbons (Fsp3) is 0.769. The number of thiazole rings is 1. The molecule has 0 aromatic carbocycles. The zero-order valence-electron chi connectivity index (χ0n) is 11.0. The maximum absolute atomic E-state index is 10.3. The van der Waals surface area contributed by atoms with Crippen molar-refractivity contribution < 1.29 is 5.11 Å². The number of anilines is 1. The minimum atomic E-state index is -0.311. The minimum absolute atomic E-state index is 0.176. The van der Waals surface area contributed by atoms with Crippen LogP contribution in [0.15, 0.2) is 0 Å². The molecule has 18 heavy (non-hydrogen) atoms. The van der Waals surface area contributed by atoms with Gasteiger partial charge < -0.3 is 10.0 Å². The van der Waals surface area contributed by atoms with Crippen molar-refractivity contribution in [3.8, 4) is 0 Å². The number of nitrogens with zero attached hydrogens (tertiary/aromatic N) is 2. The number of aliphatic hydroxyl groups excluding tert-OH is 1. The molecule has 1 aliphatic heterocycles. The molecule has 1 aromatic heterocycles. The van der Waals surface area contributed by atoms with Crippen molar-refractivity contribution >= 4 is 28.2 Å². The molecule has 0 bridgehead atoms. The molecule has 0 radical (unpaired) electrons. The first-order valence-corrected chi connectivity index (χ1v) is 8.53.